The lowest BCUT2D eigenvalue weighted by molar-refractivity contribution is -0.135. The van der Waals surface area contributed by atoms with Crippen molar-refractivity contribution in [1.29, 1.82) is 0 Å². The predicted octanol–water partition coefficient (Wildman–Crippen LogP) is 8.09. The summed E-state index contributed by atoms with van der Waals surface area (Å²) in [5, 5.41) is 7.60. The summed E-state index contributed by atoms with van der Waals surface area (Å²) in [5.74, 6) is 0.972. The van der Waals surface area contributed by atoms with Gasteiger partial charge in [0.1, 0.15) is 23.7 Å². The molecule has 14 nitrogen and oxygen atoms in total. The fraction of sp³-hybridized carbons (Fsp3) is 0.319. The van der Waals surface area contributed by atoms with E-state index < -0.39 is 24.3 Å². The van der Waals surface area contributed by atoms with Crippen LogP contribution in [0.4, 0.5) is 9.59 Å². The Morgan fingerprint density at radius 2 is 1.15 bits per heavy atom. The van der Waals surface area contributed by atoms with Gasteiger partial charge in [0.15, 0.2) is 0 Å². The number of methoxy groups -OCH3 is 2. The first kappa shape index (κ1) is 40.8. The van der Waals surface area contributed by atoms with Crippen LogP contribution in [0.25, 0.3) is 44.4 Å². The number of imidazole rings is 2. The van der Waals surface area contributed by atoms with Crippen molar-refractivity contribution in [3.05, 3.63) is 121 Å². The molecule has 4 atom stereocenters. The van der Waals surface area contributed by atoms with Crippen LogP contribution in [0, 0.1) is 5.92 Å². The Hall–Kier alpha value is -6.96. The quantitative estimate of drug-likeness (QED) is 0.101. The van der Waals surface area contributed by atoms with Gasteiger partial charge in [-0.2, -0.15) is 0 Å². The number of carbonyl (C=O) groups is 4. The van der Waals surface area contributed by atoms with Gasteiger partial charge in [0.25, 0.3) is 5.91 Å². The van der Waals surface area contributed by atoms with Gasteiger partial charge < -0.3 is 39.9 Å². The number of alkyl carbamates (subject to hydrolysis) is 2. The Kier molecular flexibility index (Phi) is 11.9. The SMILES string of the molecule is COC(=O)N[C@H](C(=O)N1CCC[C@H]1c1ncc(-c2ccc3cc(-c4ccc(-c5cnc(C6CCCN6C(=O)[C@H](NC(=O)OC)c6ccccc6)[nH]5)cc4)ccc3c2)[nH]1)C(C)C. The Balaban J connectivity index is 0.942. The minimum Gasteiger partial charge on any atom is -0.453 e. The van der Waals surface area contributed by atoms with Crippen molar-refractivity contribution < 1.29 is 28.7 Å². The minimum atomic E-state index is -0.880. The van der Waals surface area contributed by atoms with Crippen LogP contribution >= 0.6 is 0 Å². The number of rotatable bonds is 11. The predicted molar refractivity (Wildman–Crippen MR) is 231 cm³/mol. The topological polar surface area (TPSA) is 175 Å². The molecule has 2 aromatic heterocycles. The standard InChI is InChI=1S/C47H50N8O6/c1-28(2)40(52-46(58)60-3)44(56)54-22-8-12-38(54)43-49-27-37(51-43)35-21-20-33-24-32(18-19-34(33)25-35)29-14-16-30(17-15-29)36-26-48-42(50-36)39-13-9-23-55(39)45(57)41(53-47(59)61-4)31-10-6-5-7-11-31/h5-7,10-11,14-21,24-28,38-41H,8-9,12-13,22-23H2,1-4H3,(H,48,50)(H,49,51)(H,52,58)(H,53,59)/t38-,39?,40-,41+/m0/s1. The van der Waals surface area contributed by atoms with Gasteiger partial charge >= 0.3 is 12.2 Å². The van der Waals surface area contributed by atoms with Crippen LogP contribution in [0.1, 0.15) is 74.9 Å². The van der Waals surface area contributed by atoms with Gasteiger partial charge in [-0.25, -0.2) is 19.6 Å². The van der Waals surface area contributed by atoms with Crippen molar-refractivity contribution in [1.82, 2.24) is 40.4 Å². The number of amides is 4. The summed E-state index contributed by atoms with van der Waals surface area (Å²) in [6.45, 7) is 4.95. The van der Waals surface area contributed by atoms with Crippen molar-refractivity contribution in [2.24, 2.45) is 5.92 Å². The van der Waals surface area contributed by atoms with Crippen LogP contribution in [0.2, 0.25) is 0 Å². The number of likely N-dealkylation sites (tertiary alicyclic amines) is 2. The second kappa shape index (κ2) is 17.7. The van der Waals surface area contributed by atoms with Gasteiger partial charge in [0, 0.05) is 18.7 Å². The van der Waals surface area contributed by atoms with Crippen molar-refractivity contribution in [2.45, 2.75) is 63.7 Å². The zero-order valence-corrected chi connectivity index (χ0v) is 34.7. The van der Waals surface area contributed by atoms with Gasteiger partial charge in [0.05, 0.1) is 50.1 Å². The molecule has 0 spiro atoms. The Morgan fingerprint density at radius 3 is 1.74 bits per heavy atom. The number of aromatic nitrogens is 4. The van der Waals surface area contributed by atoms with Gasteiger partial charge in [-0.15, -0.1) is 0 Å². The summed E-state index contributed by atoms with van der Waals surface area (Å²) in [6, 6.07) is 28.2. The maximum atomic E-state index is 13.9. The lowest BCUT2D eigenvalue weighted by Crippen LogP contribution is -2.51. The molecule has 0 bridgehead atoms. The van der Waals surface area contributed by atoms with E-state index in [-0.39, 0.29) is 29.8 Å². The third-order valence-corrected chi connectivity index (χ3v) is 11.8. The van der Waals surface area contributed by atoms with Crippen LogP contribution in [-0.2, 0) is 19.1 Å². The monoisotopic (exact) mass is 822 g/mol. The molecule has 6 aromatic rings. The molecular weight excluding hydrogens is 773 g/mol. The van der Waals surface area contributed by atoms with E-state index in [2.05, 4.69) is 81.3 Å². The zero-order valence-electron chi connectivity index (χ0n) is 34.7. The average Bonchev–Trinajstić information content (AvgIpc) is 4.14. The summed E-state index contributed by atoms with van der Waals surface area (Å²) < 4.78 is 9.60. The Morgan fingerprint density at radius 1 is 0.639 bits per heavy atom. The summed E-state index contributed by atoms with van der Waals surface area (Å²) in [7, 11) is 2.57. The molecule has 4 heterocycles. The lowest BCUT2D eigenvalue weighted by Gasteiger charge is -2.30. The first-order chi connectivity index (χ1) is 29.6. The molecule has 0 radical (unpaired) electrons. The molecule has 4 aromatic carbocycles. The molecule has 61 heavy (non-hydrogen) atoms. The Bertz CT molecular complexity index is 2530. The van der Waals surface area contributed by atoms with Crippen LogP contribution in [0.15, 0.2) is 103 Å². The molecule has 0 saturated carbocycles. The molecule has 0 aliphatic carbocycles. The van der Waals surface area contributed by atoms with Gasteiger partial charge in [0.2, 0.25) is 5.91 Å². The van der Waals surface area contributed by atoms with Crippen LogP contribution in [0.5, 0.6) is 0 Å². The highest BCUT2D eigenvalue weighted by molar-refractivity contribution is 5.91. The lowest BCUT2D eigenvalue weighted by atomic mass is 9.98. The third kappa shape index (κ3) is 8.56. The van der Waals surface area contributed by atoms with Gasteiger partial charge in [-0.1, -0.05) is 92.7 Å². The van der Waals surface area contributed by atoms with Gasteiger partial charge in [-0.05, 0) is 76.8 Å². The molecule has 8 rings (SSSR count). The number of nitrogens with zero attached hydrogens (tertiary/aromatic N) is 4. The van der Waals surface area contributed by atoms with E-state index in [1.165, 1.54) is 14.2 Å². The summed E-state index contributed by atoms with van der Waals surface area (Å²) in [6.07, 6.45) is 5.53. The summed E-state index contributed by atoms with van der Waals surface area (Å²) >= 11 is 0. The van der Waals surface area contributed by atoms with E-state index in [0.717, 1.165) is 75.9 Å². The van der Waals surface area contributed by atoms with Crippen LogP contribution in [-0.4, -0.2) is 87.1 Å². The molecule has 4 amide bonds. The number of ether oxygens (including phenoxy) is 2. The highest BCUT2D eigenvalue weighted by Crippen LogP contribution is 2.36. The minimum absolute atomic E-state index is 0.108. The van der Waals surface area contributed by atoms with Crippen LogP contribution in [0.3, 0.4) is 0 Å². The van der Waals surface area contributed by atoms with E-state index in [9.17, 15) is 19.2 Å². The highest BCUT2D eigenvalue weighted by atomic mass is 16.5. The summed E-state index contributed by atoms with van der Waals surface area (Å²) in [4.78, 5) is 71.7. The normalized spacial score (nSPS) is 17.3. The maximum Gasteiger partial charge on any atom is 0.407 e. The van der Waals surface area contributed by atoms with Crippen molar-refractivity contribution in [3.8, 4) is 33.6 Å². The first-order valence-electron chi connectivity index (χ1n) is 20.7. The van der Waals surface area contributed by atoms with Gasteiger partial charge in [-0.3, -0.25) is 9.59 Å². The molecule has 2 aliphatic heterocycles. The molecular formula is C47H50N8O6. The van der Waals surface area contributed by atoms with Crippen molar-refractivity contribution in [2.75, 3.05) is 27.3 Å². The molecule has 2 saturated heterocycles. The molecule has 2 aliphatic rings. The smallest absolute Gasteiger partial charge is 0.407 e. The number of carbonyl (C=O) groups excluding carboxylic acids is 4. The fourth-order valence-corrected chi connectivity index (χ4v) is 8.52. The molecule has 1 unspecified atom stereocenters. The second-order valence-corrected chi connectivity index (χ2v) is 15.9. The number of fused-ring (bicyclic) bond motifs is 1. The largest absolute Gasteiger partial charge is 0.453 e. The fourth-order valence-electron chi connectivity index (χ4n) is 8.52. The first-order valence-corrected chi connectivity index (χ1v) is 20.7. The molecule has 314 valence electrons. The molecule has 2 fully saturated rings. The van der Waals surface area contributed by atoms with E-state index in [4.69, 9.17) is 19.4 Å². The van der Waals surface area contributed by atoms with Crippen molar-refractivity contribution >= 4 is 34.8 Å². The number of H-pyrrole nitrogens is 2. The number of hydrogen-bond acceptors (Lipinski definition) is 8. The number of benzene rings is 4. The number of nitrogens with one attached hydrogen (secondary N) is 4. The molecule has 14 heteroatoms. The van der Waals surface area contributed by atoms with E-state index >= 15 is 0 Å². The van der Waals surface area contributed by atoms with E-state index in [1.807, 2.05) is 55.3 Å². The number of hydrogen-bond donors (Lipinski definition) is 4. The zero-order chi connectivity index (χ0) is 42.6. The second-order valence-electron chi connectivity index (χ2n) is 15.9. The highest BCUT2D eigenvalue weighted by Gasteiger charge is 2.39. The van der Waals surface area contributed by atoms with Crippen molar-refractivity contribution in [3.63, 3.8) is 0 Å². The number of aromatic amines is 2. The summed E-state index contributed by atoms with van der Waals surface area (Å²) in [5.41, 5.74) is 6.52. The average molecular weight is 823 g/mol. The van der Waals surface area contributed by atoms with E-state index in [1.54, 1.807) is 11.1 Å². The maximum absolute atomic E-state index is 13.9. The van der Waals surface area contributed by atoms with Crippen LogP contribution < -0.4 is 10.6 Å². The Labute approximate surface area is 354 Å². The third-order valence-electron chi connectivity index (χ3n) is 11.8. The molecule has 4 N–H and O–H groups in total. The van der Waals surface area contributed by atoms with E-state index in [0.29, 0.717) is 24.5 Å².